The van der Waals surface area contributed by atoms with E-state index in [2.05, 4.69) is 41.1 Å². The molecule has 1 aromatic heterocycles. The summed E-state index contributed by atoms with van der Waals surface area (Å²) in [6.45, 7) is 2.14. The third kappa shape index (κ3) is 2.22. The molecular weight excluding hydrogens is 196 g/mol. The molecule has 0 bridgehead atoms. The zero-order chi connectivity index (χ0) is 11.4. The molecule has 2 rings (SSSR count). The lowest BCUT2D eigenvalue weighted by atomic mass is 10.2. The zero-order valence-corrected chi connectivity index (χ0v) is 9.72. The van der Waals surface area contributed by atoms with Crippen LogP contribution in [0.4, 0.5) is 11.5 Å². The summed E-state index contributed by atoms with van der Waals surface area (Å²) in [4.78, 5) is 6.53. The summed E-state index contributed by atoms with van der Waals surface area (Å²) in [5.41, 5.74) is 2.42. The highest BCUT2D eigenvalue weighted by Crippen LogP contribution is 2.20. The van der Waals surface area contributed by atoms with Crippen LogP contribution in [0.2, 0.25) is 0 Å². The van der Waals surface area contributed by atoms with Crippen molar-refractivity contribution in [2.24, 2.45) is 0 Å². The SMILES string of the molecule is CCc1ccc(N(C)c2ccccc2)nc1. The molecule has 0 aliphatic rings. The van der Waals surface area contributed by atoms with Crippen molar-refractivity contribution in [3.63, 3.8) is 0 Å². The largest absolute Gasteiger partial charge is 0.329 e. The van der Waals surface area contributed by atoms with E-state index in [1.165, 1.54) is 5.56 Å². The van der Waals surface area contributed by atoms with Crippen molar-refractivity contribution in [3.05, 3.63) is 54.2 Å². The Morgan fingerprint density at radius 1 is 1.06 bits per heavy atom. The Labute approximate surface area is 96.6 Å². The molecule has 0 atom stereocenters. The van der Waals surface area contributed by atoms with Gasteiger partial charge in [-0.3, -0.25) is 0 Å². The lowest BCUT2D eigenvalue weighted by Gasteiger charge is -2.18. The molecule has 0 fully saturated rings. The summed E-state index contributed by atoms with van der Waals surface area (Å²) >= 11 is 0. The van der Waals surface area contributed by atoms with Gasteiger partial charge in [-0.15, -0.1) is 0 Å². The number of aromatic nitrogens is 1. The van der Waals surface area contributed by atoms with Gasteiger partial charge in [0.15, 0.2) is 0 Å². The van der Waals surface area contributed by atoms with Crippen LogP contribution in [-0.4, -0.2) is 12.0 Å². The van der Waals surface area contributed by atoms with Crippen molar-refractivity contribution in [2.75, 3.05) is 11.9 Å². The van der Waals surface area contributed by atoms with Crippen LogP contribution >= 0.6 is 0 Å². The lowest BCUT2D eigenvalue weighted by molar-refractivity contribution is 1.07. The molecule has 16 heavy (non-hydrogen) atoms. The standard InChI is InChI=1S/C14H16N2/c1-3-12-9-10-14(15-11-12)16(2)13-7-5-4-6-8-13/h4-11H,3H2,1-2H3. The Morgan fingerprint density at radius 3 is 2.38 bits per heavy atom. The van der Waals surface area contributed by atoms with Gasteiger partial charge in [-0.1, -0.05) is 31.2 Å². The Balaban J connectivity index is 2.24. The maximum absolute atomic E-state index is 4.45. The topological polar surface area (TPSA) is 16.1 Å². The Morgan fingerprint density at radius 2 is 1.81 bits per heavy atom. The second-order valence-electron chi connectivity index (χ2n) is 3.77. The normalized spacial score (nSPS) is 10.1. The number of rotatable bonds is 3. The van der Waals surface area contributed by atoms with Crippen LogP contribution in [0.3, 0.4) is 0 Å². The predicted octanol–water partition coefficient (Wildman–Crippen LogP) is 3.41. The Bertz CT molecular complexity index is 434. The van der Waals surface area contributed by atoms with Crippen molar-refractivity contribution < 1.29 is 0 Å². The molecule has 1 aromatic carbocycles. The number of pyridine rings is 1. The molecule has 0 radical (unpaired) electrons. The average molecular weight is 212 g/mol. The molecule has 0 saturated carbocycles. The van der Waals surface area contributed by atoms with Crippen molar-refractivity contribution in [1.29, 1.82) is 0 Å². The van der Waals surface area contributed by atoms with Crippen LogP contribution in [0, 0.1) is 0 Å². The van der Waals surface area contributed by atoms with E-state index in [1.54, 1.807) is 0 Å². The van der Waals surface area contributed by atoms with E-state index in [0.29, 0.717) is 0 Å². The third-order valence-corrected chi connectivity index (χ3v) is 2.70. The molecule has 1 heterocycles. The summed E-state index contributed by atoms with van der Waals surface area (Å²) in [6.07, 6.45) is 2.97. The highest BCUT2D eigenvalue weighted by molar-refractivity contribution is 5.58. The number of para-hydroxylation sites is 1. The fourth-order valence-corrected chi connectivity index (χ4v) is 1.61. The number of hydrogen-bond donors (Lipinski definition) is 0. The Kier molecular flexibility index (Phi) is 3.20. The lowest BCUT2D eigenvalue weighted by Crippen LogP contribution is -2.10. The number of hydrogen-bond acceptors (Lipinski definition) is 2. The molecule has 0 aliphatic heterocycles. The van der Waals surface area contributed by atoms with Crippen molar-refractivity contribution in [2.45, 2.75) is 13.3 Å². The summed E-state index contributed by atoms with van der Waals surface area (Å²) < 4.78 is 0. The van der Waals surface area contributed by atoms with Gasteiger partial charge in [0.05, 0.1) is 0 Å². The summed E-state index contributed by atoms with van der Waals surface area (Å²) in [5.74, 6) is 0.975. The predicted molar refractivity (Wildman–Crippen MR) is 68.1 cm³/mol. The molecule has 0 saturated heterocycles. The number of nitrogens with zero attached hydrogens (tertiary/aromatic N) is 2. The maximum Gasteiger partial charge on any atom is 0.132 e. The van der Waals surface area contributed by atoms with Crippen LogP contribution in [0.1, 0.15) is 12.5 Å². The molecular formula is C14H16N2. The molecule has 0 unspecified atom stereocenters. The Hall–Kier alpha value is -1.83. The minimum atomic E-state index is 0.975. The highest BCUT2D eigenvalue weighted by atomic mass is 15.2. The van der Waals surface area contributed by atoms with Gasteiger partial charge in [-0.05, 0) is 30.2 Å². The van der Waals surface area contributed by atoms with Gasteiger partial charge in [0.2, 0.25) is 0 Å². The first-order valence-electron chi connectivity index (χ1n) is 5.55. The number of anilines is 2. The van der Waals surface area contributed by atoms with Gasteiger partial charge < -0.3 is 4.90 Å². The first-order valence-corrected chi connectivity index (χ1v) is 5.55. The fraction of sp³-hybridized carbons (Fsp3) is 0.214. The van der Waals surface area contributed by atoms with E-state index in [9.17, 15) is 0 Å². The molecule has 2 nitrogen and oxygen atoms in total. The quantitative estimate of drug-likeness (QED) is 0.775. The summed E-state index contributed by atoms with van der Waals surface area (Å²) in [7, 11) is 2.03. The highest BCUT2D eigenvalue weighted by Gasteiger charge is 2.03. The van der Waals surface area contributed by atoms with Gasteiger partial charge in [0.1, 0.15) is 5.82 Å². The van der Waals surface area contributed by atoms with Crippen molar-refractivity contribution in [1.82, 2.24) is 4.98 Å². The van der Waals surface area contributed by atoms with Gasteiger partial charge in [0.25, 0.3) is 0 Å². The smallest absolute Gasteiger partial charge is 0.132 e. The van der Waals surface area contributed by atoms with Crippen LogP contribution in [0.15, 0.2) is 48.7 Å². The number of aryl methyl sites for hydroxylation is 1. The van der Waals surface area contributed by atoms with Gasteiger partial charge >= 0.3 is 0 Å². The van der Waals surface area contributed by atoms with Gasteiger partial charge in [0, 0.05) is 18.9 Å². The molecule has 2 aromatic rings. The van der Waals surface area contributed by atoms with E-state index < -0.39 is 0 Å². The molecule has 0 spiro atoms. The van der Waals surface area contributed by atoms with E-state index in [-0.39, 0.29) is 0 Å². The third-order valence-electron chi connectivity index (χ3n) is 2.70. The monoisotopic (exact) mass is 212 g/mol. The molecule has 0 aliphatic carbocycles. The number of benzene rings is 1. The van der Waals surface area contributed by atoms with Gasteiger partial charge in [-0.2, -0.15) is 0 Å². The fourth-order valence-electron chi connectivity index (χ4n) is 1.61. The molecule has 82 valence electrons. The zero-order valence-electron chi connectivity index (χ0n) is 9.72. The average Bonchev–Trinajstić information content (AvgIpc) is 2.39. The van der Waals surface area contributed by atoms with Crippen LogP contribution in [0.25, 0.3) is 0 Å². The maximum atomic E-state index is 4.45. The van der Waals surface area contributed by atoms with Crippen molar-refractivity contribution in [3.8, 4) is 0 Å². The van der Waals surface area contributed by atoms with Crippen LogP contribution in [-0.2, 0) is 6.42 Å². The van der Waals surface area contributed by atoms with Crippen LogP contribution in [0.5, 0.6) is 0 Å². The van der Waals surface area contributed by atoms with E-state index in [4.69, 9.17) is 0 Å². The van der Waals surface area contributed by atoms with E-state index in [1.807, 2.05) is 31.4 Å². The van der Waals surface area contributed by atoms with Crippen molar-refractivity contribution >= 4 is 11.5 Å². The summed E-state index contributed by atoms with van der Waals surface area (Å²) in [5, 5.41) is 0. The second kappa shape index (κ2) is 4.79. The molecule has 2 heteroatoms. The van der Waals surface area contributed by atoms with Gasteiger partial charge in [-0.25, -0.2) is 4.98 Å². The minimum absolute atomic E-state index is 0.975. The molecule has 0 amide bonds. The summed E-state index contributed by atoms with van der Waals surface area (Å²) in [6, 6.07) is 14.4. The van der Waals surface area contributed by atoms with E-state index >= 15 is 0 Å². The van der Waals surface area contributed by atoms with E-state index in [0.717, 1.165) is 17.9 Å². The first-order chi connectivity index (χ1) is 7.81. The second-order valence-corrected chi connectivity index (χ2v) is 3.77. The minimum Gasteiger partial charge on any atom is -0.329 e. The van der Waals surface area contributed by atoms with Crippen LogP contribution < -0.4 is 4.90 Å². The first kappa shape index (κ1) is 10.7. The molecule has 0 N–H and O–H groups in total.